The molecule has 0 aromatic heterocycles. The van der Waals surface area contributed by atoms with Crippen molar-refractivity contribution < 1.29 is 19.1 Å². The summed E-state index contributed by atoms with van der Waals surface area (Å²) in [5.74, 6) is -0.209. The molecule has 0 saturated carbocycles. The van der Waals surface area contributed by atoms with Gasteiger partial charge < -0.3 is 9.47 Å². The highest BCUT2D eigenvalue weighted by Crippen LogP contribution is 2.21. The van der Waals surface area contributed by atoms with E-state index in [9.17, 15) is 9.59 Å². The molecule has 0 heterocycles. The first-order valence-corrected chi connectivity index (χ1v) is 6.44. The minimum absolute atomic E-state index is 0.0458. The Hall–Kier alpha value is -2.06. The maximum absolute atomic E-state index is 11.5. The Kier molecular flexibility index (Phi) is 6.54. The van der Waals surface area contributed by atoms with Crippen molar-refractivity contribution in [3.05, 3.63) is 28.8 Å². The third-order valence-electron chi connectivity index (χ3n) is 2.37. The number of carbonyl (C=O) groups is 2. The number of halogens is 1. The van der Waals surface area contributed by atoms with Crippen LogP contribution in [0.4, 0.5) is 0 Å². The average molecular weight is 296 g/mol. The van der Waals surface area contributed by atoms with Gasteiger partial charge in [-0.2, -0.15) is 5.26 Å². The molecule has 5 nitrogen and oxygen atoms in total. The van der Waals surface area contributed by atoms with Crippen LogP contribution in [-0.4, -0.2) is 25.0 Å². The first-order chi connectivity index (χ1) is 9.56. The van der Waals surface area contributed by atoms with Gasteiger partial charge in [-0.05, 0) is 19.1 Å². The van der Waals surface area contributed by atoms with Crippen LogP contribution < -0.4 is 4.74 Å². The summed E-state index contributed by atoms with van der Waals surface area (Å²) < 4.78 is 9.96. The van der Waals surface area contributed by atoms with Crippen LogP contribution >= 0.6 is 11.6 Å². The molecule has 0 aliphatic heterocycles. The summed E-state index contributed by atoms with van der Waals surface area (Å²) in [6.45, 7) is 1.85. The highest BCUT2D eigenvalue weighted by Gasteiger charge is 2.09. The van der Waals surface area contributed by atoms with Crippen molar-refractivity contribution in [2.75, 3.05) is 13.2 Å². The summed E-state index contributed by atoms with van der Waals surface area (Å²) in [6, 6.07) is 6.47. The lowest BCUT2D eigenvalue weighted by atomic mass is 10.2. The van der Waals surface area contributed by atoms with E-state index >= 15 is 0 Å². The predicted octanol–water partition coefficient (Wildman–Crippen LogP) is 2.50. The zero-order chi connectivity index (χ0) is 15.0. The Labute approximate surface area is 122 Å². The molecule has 0 unspecified atom stereocenters. The molecular weight excluding hydrogens is 282 g/mol. The van der Waals surface area contributed by atoms with E-state index in [1.54, 1.807) is 13.0 Å². The zero-order valence-corrected chi connectivity index (χ0v) is 11.8. The number of hydrogen-bond acceptors (Lipinski definition) is 5. The van der Waals surface area contributed by atoms with E-state index in [0.29, 0.717) is 17.9 Å². The predicted molar refractivity (Wildman–Crippen MR) is 72.5 cm³/mol. The minimum Gasteiger partial charge on any atom is -0.486 e. The Morgan fingerprint density at radius 2 is 2.10 bits per heavy atom. The zero-order valence-electron chi connectivity index (χ0n) is 11.0. The highest BCUT2D eigenvalue weighted by atomic mass is 35.5. The summed E-state index contributed by atoms with van der Waals surface area (Å²) in [4.78, 5) is 22.6. The van der Waals surface area contributed by atoms with Gasteiger partial charge in [0.1, 0.15) is 18.4 Å². The Balaban J connectivity index is 2.40. The molecule has 0 N–H and O–H groups in total. The molecular formula is C14H14ClNO4. The third-order valence-corrected chi connectivity index (χ3v) is 2.69. The van der Waals surface area contributed by atoms with Crippen molar-refractivity contribution in [3.8, 4) is 11.8 Å². The van der Waals surface area contributed by atoms with Crippen molar-refractivity contribution in [3.63, 3.8) is 0 Å². The second-order valence-corrected chi connectivity index (χ2v) is 4.29. The molecule has 1 aromatic rings. The molecule has 6 heteroatoms. The topological polar surface area (TPSA) is 76.4 Å². The largest absolute Gasteiger partial charge is 0.486 e. The lowest BCUT2D eigenvalue weighted by Gasteiger charge is -2.06. The van der Waals surface area contributed by atoms with Crippen molar-refractivity contribution in [2.45, 2.75) is 19.8 Å². The molecule has 20 heavy (non-hydrogen) atoms. The van der Waals surface area contributed by atoms with Gasteiger partial charge in [-0.1, -0.05) is 11.6 Å². The van der Waals surface area contributed by atoms with E-state index in [1.165, 1.54) is 12.1 Å². The van der Waals surface area contributed by atoms with Crippen LogP contribution in [0.1, 0.15) is 25.3 Å². The van der Waals surface area contributed by atoms with Crippen LogP contribution in [-0.2, 0) is 14.3 Å². The number of nitrogens with zero attached hydrogens (tertiary/aromatic N) is 1. The highest BCUT2D eigenvalue weighted by molar-refractivity contribution is 6.31. The van der Waals surface area contributed by atoms with Crippen LogP contribution in [0.3, 0.4) is 0 Å². The molecule has 0 aliphatic carbocycles. The van der Waals surface area contributed by atoms with Crippen LogP contribution in [0.25, 0.3) is 0 Å². The van der Waals surface area contributed by atoms with E-state index in [0.717, 1.165) is 0 Å². The molecule has 0 aliphatic rings. The van der Waals surface area contributed by atoms with Gasteiger partial charge in [-0.15, -0.1) is 0 Å². The number of ketones is 1. The second kappa shape index (κ2) is 8.18. The number of rotatable bonds is 7. The minimum atomic E-state index is -0.401. The van der Waals surface area contributed by atoms with E-state index < -0.39 is 5.97 Å². The number of carbonyl (C=O) groups excluding carboxylic acids is 2. The summed E-state index contributed by atoms with van der Waals surface area (Å²) in [5, 5.41) is 8.99. The van der Waals surface area contributed by atoms with Gasteiger partial charge in [0.15, 0.2) is 5.78 Å². The molecule has 0 spiro atoms. The molecule has 0 amide bonds. The van der Waals surface area contributed by atoms with Crippen molar-refractivity contribution >= 4 is 23.4 Å². The normalized spacial score (nSPS) is 9.65. The van der Waals surface area contributed by atoms with E-state index in [2.05, 4.69) is 0 Å². The molecule has 0 bridgehead atoms. The van der Waals surface area contributed by atoms with Gasteiger partial charge in [0.2, 0.25) is 0 Å². The first-order valence-electron chi connectivity index (χ1n) is 6.06. The van der Waals surface area contributed by atoms with Gasteiger partial charge in [0.25, 0.3) is 0 Å². The van der Waals surface area contributed by atoms with Gasteiger partial charge in [0, 0.05) is 12.5 Å². The number of Topliss-reactive ketones (excluding diaryl/α,β-unsaturated/α-hetero) is 1. The lowest BCUT2D eigenvalue weighted by molar-refractivity contribution is -0.144. The third kappa shape index (κ3) is 5.29. The van der Waals surface area contributed by atoms with E-state index in [4.69, 9.17) is 26.3 Å². The van der Waals surface area contributed by atoms with Crippen LogP contribution in [0.2, 0.25) is 5.02 Å². The van der Waals surface area contributed by atoms with Crippen molar-refractivity contribution in [1.82, 2.24) is 0 Å². The van der Waals surface area contributed by atoms with Crippen LogP contribution in [0, 0.1) is 11.3 Å². The van der Waals surface area contributed by atoms with Gasteiger partial charge in [-0.25, -0.2) is 0 Å². The fourth-order valence-corrected chi connectivity index (χ4v) is 1.60. The smallest absolute Gasteiger partial charge is 0.306 e. The fourth-order valence-electron chi connectivity index (χ4n) is 1.39. The molecule has 0 saturated heterocycles. The number of ether oxygens (including phenoxy) is 2. The number of esters is 1. The van der Waals surface area contributed by atoms with Gasteiger partial charge in [0.05, 0.1) is 23.6 Å². The van der Waals surface area contributed by atoms with Gasteiger partial charge in [-0.3, -0.25) is 9.59 Å². The van der Waals surface area contributed by atoms with Crippen LogP contribution in [0.5, 0.6) is 5.75 Å². The lowest BCUT2D eigenvalue weighted by Crippen LogP contribution is -2.14. The maximum atomic E-state index is 11.5. The van der Waals surface area contributed by atoms with Crippen molar-refractivity contribution in [2.24, 2.45) is 0 Å². The van der Waals surface area contributed by atoms with Gasteiger partial charge >= 0.3 is 5.97 Å². The average Bonchev–Trinajstić information content (AvgIpc) is 2.43. The summed E-state index contributed by atoms with van der Waals surface area (Å²) in [7, 11) is 0. The second-order valence-electron chi connectivity index (χ2n) is 3.89. The first kappa shape index (κ1) is 16.0. The Bertz CT molecular complexity index is 536. The standard InChI is InChI=1S/C14H14ClNO4/c1-2-19-14(18)6-4-11(17)9-20-12-5-3-10(8-16)13(15)7-12/h3,5,7H,2,4,6,9H2,1H3. The number of hydrogen-bond donors (Lipinski definition) is 0. The summed E-state index contributed by atoms with van der Waals surface area (Å²) in [5.41, 5.74) is 0.340. The monoisotopic (exact) mass is 295 g/mol. The molecule has 0 fully saturated rings. The van der Waals surface area contributed by atoms with E-state index in [1.807, 2.05) is 6.07 Å². The summed E-state index contributed by atoms with van der Waals surface area (Å²) in [6.07, 6.45) is 0.118. The molecule has 1 aromatic carbocycles. The molecule has 106 valence electrons. The SMILES string of the molecule is CCOC(=O)CCC(=O)COc1ccc(C#N)c(Cl)c1. The number of nitriles is 1. The Morgan fingerprint density at radius 3 is 2.70 bits per heavy atom. The molecule has 0 radical (unpaired) electrons. The van der Waals surface area contributed by atoms with Crippen LogP contribution in [0.15, 0.2) is 18.2 Å². The summed E-state index contributed by atoms with van der Waals surface area (Å²) >= 11 is 5.83. The molecule has 1 rings (SSSR count). The van der Waals surface area contributed by atoms with Crippen molar-refractivity contribution in [1.29, 1.82) is 5.26 Å². The number of benzene rings is 1. The Morgan fingerprint density at radius 1 is 1.35 bits per heavy atom. The maximum Gasteiger partial charge on any atom is 0.306 e. The quantitative estimate of drug-likeness (QED) is 0.722. The fraction of sp³-hybridized carbons (Fsp3) is 0.357. The van der Waals surface area contributed by atoms with E-state index in [-0.39, 0.29) is 30.3 Å². The molecule has 0 atom stereocenters.